The minimum absolute atomic E-state index is 0.187. The number of alkyl halides is 3. The van der Waals surface area contributed by atoms with Crippen LogP contribution < -0.4 is 5.43 Å². The first-order valence-electron chi connectivity index (χ1n) is 4.68. The van der Waals surface area contributed by atoms with Gasteiger partial charge in [-0.1, -0.05) is 46.9 Å². The number of hydrogen-bond donors (Lipinski definition) is 1. The van der Waals surface area contributed by atoms with Crippen LogP contribution in [0.25, 0.3) is 0 Å². The summed E-state index contributed by atoms with van der Waals surface area (Å²) in [5.41, 5.74) is 2.34. The molecule has 0 aliphatic carbocycles. The molecule has 0 spiro atoms. The van der Waals surface area contributed by atoms with E-state index in [9.17, 15) is 14.4 Å². The lowest BCUT2D eigenvalue weighted by Gasteiger charge is -2.18. The number of imide groups is 1. The predicted molar refractivity (Wildman–Crippen MR) is 65.4 cm³/mol. The number of halogens is 3. The number of hydrogen-bond acceptors (Lipinski definition) is 3. The van der Waals surface area contributed by atoms with Crippen molar-refractivity contribution in [3.8, 4) is 0 Å². The van der Waals surface area contributed by atoms with Crippen molar-refractivity contribution in [3.63, 3.8) is 0 Å². The number of nitrogens with zero attached hydrogens (tertiary/aromatic N) is 1. The molecule has 0 aromatic heterocycles. The maximum absolute atomic E-state index is 11.8. The van der Waals surface area contributed by atoms with Crippen LogP contribution in [0.1, 0.15) is 20.7 Å². The third kappa shape index (κ3) is 2.16. The lowest BCUT2D eigenvalue weighted by Crippen LogP contribution is -2.49. The van der Waals surface area contributed by atoms with Crippen molar-refractivity contribution in [2.45, 2.75) is 3.79 Å². The van der Waals surface area contributed by atoms with Gasteiger partial charge in [0.05, 0.1) is 11.1 Å². The van der Waals surface area contributed by atoms with Gasteiger partial charge in [-0.3, -0.25) is 19.8 Å². The van der Waals surface area contributed by atoms with Crippen LogP contribution in [-0.2, 0) is 4.79 Å². The normalized spacial score (nSPS) is 14.7. The highest BCUT2D eigenvalue weighted by Gasteiger charge is 2.40. The van der Waals surface area contributed by atoms with Crippen molar-refractivity contribution in [2.24, 2.45) is 0 Å². The molecule has 3 amide bonds. The van der Waals surface area contributed by atoms with Gasteiger partial charge in [-0.05, 0) is 12.1 Å². The number of benzene rings is 1. The molecule has 0 atom stereocenters. The van der Waals surface area contributed by atoms with E-state index >= 15 is 0 Å². The highest BCUT2D eigenvalue weighted by atomic mass is 35.6. The monoisotopic (exact) mass is 306 g/mol. The van der Waals surface area contributed by atoms with Gasteiger partial charge in [0.25, 0.3) is 21.5 Å². The van der Waals surface area contributed by atoms with E-state index in [0.717, 1.165) is 0 Å². The zero-order chi connectivity index (χ0) is 13.5. The Kier molecular flexibility index (Phi) is 3.23. The molecule has 0 unspecified atom stereocenters. The Morgan fingerprint density at radius 3 is 1.89 bits per heavy atom. The van der Waals surface area contributed by atoms with E-state index in [4.69, 9.17) is 34.8 Å². The molecule has 0 fully saturated rings. The van der Waals surface area contributed by atoms with Crippen molar-refractivity contribution in [1.29, 1.82) is 0 Å². The highest BCUT2D eigenvalue weighted by molar-refractivity contribution is 6.76. The summed E-state index contributed by atoms with van der Waals surface area (Å²) in [7, 11) is 0. The highest BCUT2D eigenvalue weighted by Crippen LogP contribution is 2.27. The van der Waals surface area contributed by atoms with Crippen LogP contribution in [-0.4, -0.2) is 26.5 Å². The number of hydrazine groups is 1. The van der Waals surface area contributed by atoms with Crippen molar-refractivity contribution in [3.05, 3.63) is 35.4 Å². The van der Waals surface area contributed by atoms with Crippen LogP contribution in [0, 0.1) is 0 Å². The summed E-state index contributed by atoms with van der Waals surface area (Å²) < 4.78 is -2.25. The molecule has 0 radical (unpaired) electrons. The van der Waals surface area contributed by atoms with Crippen LogP contribution in [0.4, 0.5) is 0 Å². The molecule has 1 aromatic carbocycles. The maximum Gasteiger partial charge on any atom is 0.291 e. The Bertz CT molecular complexity index is 519. The van der Waals surface area contributed by atoms with Gasteiger partial charge in [-0.25, -0.2) is 0 Å². The van der Waals surface area contributed by atoms with Crippen LogP contribution in [0.15, 0.2) is 24.3 Å². The van der Waals surface area contributed by atoms with Gasteiger partial charge >= 0.3 is 0 Å². The summed E-state index contributed by atoms with van der Waals surface area (Å²) in [5, 5.41) is 0.523. The fourth-order valence-corrected chi connectivity index (χ4v) is 1.58. The Morgan fingerprint density at radius 2 is 1.50 bits per heavy atom. The van der Waals surface area contributed by atoms with Gasteiger partial charge in [0.1, 0.15) is 0 Å². The molecule has 8 heteroatoms. The summed E-state index contributed by atoms with van der Waals surface area (Å²) >= 11 is 16.0. The molecule has 1 aliphatic heterocycles. The third-order valence-corrected chi connectivity index (χ3v) is 2.78. The predicted octanol–water partition coefficient (Wildman–Crippen LogP) is 1.68. The molecular formula is C10H5Cl3N2O3. The fourth-order valence-electron chi connectivity index (χ4n) is 1.46. The van der Waals surface area contributed by atoms with Crippen LogP contribution in [0.2, 0.25) is 0 Å². The third-order valence-electron chi connectivity index (χ3n) is 2.26. The molecule has 1 heterocycles. The van der Waals surface area contributed by atoms with E-state index < -0.39 is 21.5 Å². The number of nitrogens with one attached hydrogen (secondary N) is 1. The number of fused-ring (bicyclic) bond motifs is 1. The quantitative estimate of drug-likeness (QED) is 0.634. The Morgan fingerprint density at radius 1 is 1.06 bits per heavy atom. The molecule has 1 N–H and O–H groups in total. The van der Waals surface area contributed by atoms with Gasteiger partial charge in [-0.2, -0.15) is 5.01 Å². The summed E-state index contributed by atoms with van der Waals surface area (Å²) in [4.78, 5) is 35.1. The first-order valence-corrected chi connectivity index (χ1v) is 5.81. The summed E-state index contributed by atoms with van der Waals surface area (Å²) in [6, 6.07) is 6.14. The Balaban J connectivity index is 2.27. The Labute approximate surface area is 117 Å². The molecule has 18 heavy (non-hydrogen) atoms. The van der Waals surface area contributed by atoms with E-state index in [2.05, 4.69) is 0 Å². The SMILES string of the molecule is O=C1c2ccccc2C(=O)N1NC(=O)C(Cl)(Cl)Cl. The van der Waals surface area contributed by atoms with Gasteiger partial charge < -0.3 is 0 Å². The zero-order valence-electron chi connectivity index (χ0n) is 8.62. The van der Waals surface area contributed by atoms with E-state index in [-0.39, 0.29) is 11.1 Å². The number of carbonyl (C=O) groups excluding carboxylic acids is 3. The average Bonchev–Trinajstić information content (AvgIpc) is 2.54. The number of rotatable bonds is 1. The van der Waals surface area contributed by atoms with Gasteiger partial charge in [-0.15, -0.1) is 0 Å². The van der Waals surface area contributed by atoms with Gasteiger partial charge in [0.2, 0.25) is 0 Å². The van der Waals surface area contributed by atoms with Crippen molar-refractivity contribution < 1.29 is 14.4 Å². The van der Waals surface area contributed by atoms with Crippen molar-refractivity contribution in [1.82, 2.24) is 10.4 Å². The molecule has 0 bridgehead atoms. The fraction of sp³-hybridized carbons (Fsp3) is 0.100. The number of carbonyl (C=O) groups is 3. The lowest BCUT2D eigenvalue weighted by atomic mass is 10.1. The molecule has 1 aliphatic rings. The van der Waals surface area contributed by atoms with E-state index in [1.165, 1.54) is 12.1 Å². The minimum Gasteiger partial charge on any atom is -0.268 e. The first-order chi connectivity index (χ1) is 8.32. The topological polar surface area (TPSA) is 66.5 Å². The van der Waals surface area contributed by atoms with E-state index in [1.54, 1.807) is 12.1 Å². The second-order valence-electron chi connectivity index (χ2n) is 3.43. The molecular weight excluding hydrogens is 302 g/mol. The second kappa shape index (κ2) is 4.42. The average molecular weight is 308 g/mol. The van der Waals surface area contributed by atoms with Gasteiger partial charge in [0, 0.05) is 0 Å². The zero-order valence-corrected chi connectivity index (χ0v) is 10.9. The van der Waals surface area contributed by atoms with Crippen LogP contribution in [0.5, 0.6) is 0 Å². The van der Waals surface area contributed by atoms with Gasteiger partial charge in [0.15, 0.2) is 0 Å². The number of amides is 3. The van der Waals surface area contributed by atoms with Crippen molar-refractivity contribution in [2.75, 3.05) is 0 Å². The summed E-state index contributed by atoms with van der Waals surface area (Å²) in [6.45, 7) is 0. The maximum atomic E-state index is 11.8. The van der Waals surface area contributed by atoms with Crippen LogP contribution >= 0.6 is 34.8 Å². The summed E-state index contributed by atoms with van der Waals surface area (Å²) in [6.07, 6.45) is 0. The van der Waals surface area contributed by atoms with E-state index in [0.29, 0.717) is 5.01 Å². The lowest BCUT2D eigenvalue weighted by molar-refractivity contribution is -0.123. The minimum atomic E-state index is -2.25. The molecule has 2 rings (SSSR count). The molecule has 94 valence electrons. The van der Waals surface area contributed by atoms with Crippen molar-refractivity contribution >= 4 is 52.5 Å². The smallest absolute Gasteiger partial charge is 0.268 e. The first kappa shape index (κ1) is 13.1. The van der Waals surface area contributed by atoms with E-state index in [1.807, 2.05) is 5.43 Å². The molecule has 1 aromatic rings. The molecule has 0 saturated carbocycles. The summed E-state index contributed by atoms with van der Waals surface area (Å²) in [5.74, 6) is -2.42. The Hall–Kier alpha value is -1.30. The largest absolute Gasteiger partial charge is 0.291 e. The molecule has 5 nitrogen and oxygen atoms in total. The molecule has 0 saturated heterocycles. The standard InChI is InChI=1S/C10H5Cl3N2O3/c11-10(12,13)9(18)14-15-7(16)5-3-1-2-4-6(5)8(15)17/h1-4H,(H,14,18). The second-order valence-corrected chi connectivity index (χ2v) is 5.71. The van der Waals surface area contributed by atoms with Crippen LogP contribution in [0.3, 0.4) is 0 Å².